The van der Waals surface area contributed by atoms with Crippen LogP contribution in [0.2, 0.25) is 0 Å². The van der Waals surface area contributed by atoms with E-state index < -0.39 is 23.3 Å². The summed E-state index contributed by atoms with van der Waals surface area (Å²) in [5, 5.41) is 0. The number of hydrogen-bond donors (Lipinski definition) is 0. The molecule has 0 atom stereocenters. The molecular formula is C10H15KO6. The quantitative estimate of drug-likeness (QED) is 0.122. The van der Waals surface area contributed by atoms with E-state index in [-0.39, 0.29) is 58.0 Å². The Morgan fingerprint density at radius 3 is 2.00 bits per heavy atom. The minimum absolute atomic E-state index is 0. The van der Waals surface area contributed by atoms with E-state index in [1.165, 1.54) is 21.1 Å². The fourth-order valence-electron chi connectivity index (χ4n) is 0.796. The molecule has 0 fully saturated rings. The van der Waals surface area contributed by atoms with Crippen LogP contribution in [-0.4, -0.2) is 44.1 Å². The standard InChI is InChI=1S/C10H15O6.K/c1-5-16-9(13)7(11)6-8(12)10(2,14-3)15-4;/h6H,5H2,1-4H3;/q-1;+1. The van der Waals surface area contributed by atoms with Gasteiger partial charge in [0, 0.05) is 14.2 Å². The summed E-state index contributed by atoms with van der Waals surface area (Å²) >= 11 is 0. The van der Waals surface area contributed by atoms with Crippen molar-refractivity contribution in [1.29, 1.82) is 0 Å². The minimum Gasteiger partial charge on any atom is -0.545 e. The molecule has 7 heteroatoms. The first-order chi connectivity index (χ1) is 7.41. The maximum absolute atomic E-state index is 11.5. The van der Waals surface area contributed by atoms with Gasteiger partial charge in [0.05, 0.1) is 6.61 Å². The van der Waals surface area contributed by atoms with Crippen LogP contribution in [-0.2, 0) is 28.6 Å². The average Bonchev–Trinajstić information content (AvgIpc) is 2.28. The predicted molar refractivity (Wildman–Crippen MR) is 53.4 cm³/mol. The van der Waals surface area contributed by atoms with E-state index in [2.05, 4.69) is 4.74 Å². The van der Waals surface area contributed by atoms with Crippen LogP contribution in [0.25, 0.3) is 0 Å². The number of carbonyl (C=O) groups excluding carboxylic acids is 3. The van der Waals surface area contributed by atoms with Crippen LogP contribution in [0.3, 0.4) is 0 Å². The van der Waals surface area contributed by atoms with Gasteiger partial charge in [-0.1, -0.05) is 0 Å². The summed E-state index contributed by atoms with van der Waals surface area (Å²) < 4.78 is 14.0. The van der Waals surface area contributed by atoms with Gasteiger partial charge in [-0.05, 0) is 13.8 Å². The molecule has 0 aliphatic heterocycles. The Hall–Kier alpha value is 0.236. The van der Waals surface area contributed by atoms with Crippen molar-refractivity contribution in [2.45, 2.75) is 19.6 Å². The summed E-state index contributed by atoms with van der Waals surface area (Å²) in [7, 11) is 2.51. The molecule has 0 spiro atoms. The molecule has 17 heavy (non-hydrogen) atoms. The molecular weight excluding hydrogens is 255 g/mol. The molecule has 0 N–H and O–H groups in total. The van der Waals surface area contributed by atoms with Crippen molar-refractivity contribution in [2.24, 2.45) is 0 Å². The third kappa shape index (κ3) is 6.09. The Bertz CT molecular complexity index is 285. The number of hydrogen-bond acceptors (Lipinski definition) is 6. The van der Waals surface area contributed by atoms with Crippen LogP contribution in [0.5, 0.6) is 0 Å². The normalized spacial score (nSPS) is 10.1. The van der Waals surface area contributed by atoms with Crippen molar-refractivity contribution in [2.75, 3.05) is 20.8 Å². The van der Waals surface area contributed by atoms with Gasteiger partial charge in [-0.25, -0.2) is 0 Å². The Labute approximate surface area is 143 Å². The smallest absolute Gasteiger partial charge is 0.545 e. The van der Waals surface area contributed by atoms with Crippen LogP contribution in [0.1, 0.15) is 13.8 Å². The fraction of sp³-hybridized carbons (Fsp3) is 0.600. The average molecular weight is 270 g/mol. The number of Topliss-reactive ketones (excluding diaryl/α,β-unsaturated/α-hetero) is 2. The molecule has 92 valence electrons. The molecule has 0 aromatic rings. The Balaban J connectivity index is 0. The summed E-state index contributed by atoms with van der Waals surface area (Å²) in [4.78, 5) is 33.6. The van der Waals surface area contributed by atoms with Crippen molar-refractivity contribution >= 4 is 17.5 Å². The molecule has 0 heterocycles. The third-order valence-corrected chi connectivity index (χ3v) is 1.97. The van der Waals surface area contributed by atoms with Gasteiger partial charge in [0.2, 0.25) is 11.8 Å². The zero-order chi connectivity index (χ0) is 12.8. The van der Waals surface area contributed by atoms with E-state index in [0.717, 1.165) is 0 Å². The van der Waals surface area contributed by atoms with E-state index in [4.69, 9.17) is 9.47 Å². The molecule has 0 rings (SSSR count). The van der Waals surface area contributed by atoms with Crippen LogP contribution in [0, 0.1) is 6.42 Å². The van der Waals surface area contributed by atoms with E-state index in [1.807, 2.05) is 0 Å². The summed E-state index contributed by atoms with van der Waals surface area (Å²) in [6, 6.07) is 0. The number of methoxy groups -OCH3 is 2. The molecule has 0 bridgehead atoms. The Morgan fingerprint density at radius 2 is 1.65 bits per heavy atom. The summed E-state index contributed by atoms with van der Waals surface area (Å²) in [5.41, 5.74) is 0. The summed E-state index contributed by atoms with van der Waals surface area (Å²) in [6.45, 7) is 2.96. The first-order valence-corrected chi connectivity index (χ1v) is 4.61. The minimum atomic E-state index is -1.57. The third-order valence-electron chi connectivity index (χ3n) is 1.97. The molecule has 0 radical (unpaired) electrons. The van der Waals surface area contributed by atoms with Gasteiger partial charge in [0.15, 0.2) is 0 Å². The molecule has 0 saturated heterocycles. The van der Waals surface area contributed by atoms with Crippen molar-refractivity contribution in [3.8, 4) is 0 Å². The SMILES string of the molecule is CCOC(=O)C(=O)[CH-]C(=O)C(C)(OC)OC.[K+]. The first kappa shape index (κ1) is 19.6. The Morgan fingerprint density at radius 1 is 1.18 bits per heavy atom. The van der Waals surface area contributed by atoms with E-state index >= 15 is 0 Å². The van der Waals surface area contributed by atoms with Crippen molar-refractivity contribution in [1.82, 2.24) is 0 Å². The topological polar surface area (TPSA) is 78.9 Å². The van der Waals surface area contributed by atoms with Crippen LogP contribution >= 0.6 is 0 Å². The zero-order valence-electron chi connectivity index (χ0n) is 10.7. The van der Waals surface area contributed by atoms with Gasteiger partial charge in [-0.15, -0.1) is 6.42 Å². The molecule has 0 saturated carbocycles. The summed E-state index contributed by atoms with van der Waals surface area (Å²) in [5.74, 6) is -4.43. The van der Waals surface area contributed by atoms with Crippen molar-refractivity contribution in [3.05, 3.63) is 6.42 Å². The van der Waals surface area contributed by atoms with Crippen molar-refractivity contribution < 1.29 is 80.0 Å². The van der Waals surface area contributed by atoms with Gasteiger partial charge in [-0.2, -0.15) is 0 Å². The van der Waals surface area contributed by atoms with Crippen LogP contribution in [0.4, 0.5) is 0 Å². The number of rotatable bonds is 7. The van der Waals surface area contributed by atoms with E-state index in [1.54, 1.807) is 6.92 Å². The number of ether oxygens (including phenoxy) is 3. The molecule has 0 unspecified atom stereocenters. The van der Waals surface area contributed by atoms with Gasteiger partial charge >= 0.3 is 51.4 Å². The molecule has 0 aliphatic carbocycles. The summed E-state index contributed by atoms with van der Waals surface area (Å²) in [6.07, 6.45) is 0.602. The maximum atomic E-state index is 11.5. The number of ketones is 2. The predicted octanol–water partition coefficient (Wildman–Crippen LogP) is -3.10. The van der Waals surface area contributed by atoms with Crippen LogP contribution < -0.4 is 51.4 Å². The second-order valence-electron chi connectivity index (χ2n) is 2.95. The maximum Gasteiger partial charge on any atom is 1.00 e. The van der Waals surface area contributed by atoms with E-state index in [9.17, 15) is 14.4 Å². The fourth-order valence-corrected chi connectivity index (χ4v) is 0.796. The first-order valence-electron chi connectivity index (χ1n) is 4.61. The number of carbonyl (C=O) groups is 3. The molecule has 6 nitrogen and oxygen atoms in total. The second kappa shape index (κ2) is 9.20. The van der Waals surface area contributed by atoms with Crippen LogP contribution in [0.15, 0.2) is 0 Å². The van der Waals surface area contributed by atoms with E-state index in [0.29, 0.717) is 6.42 Å². The molecule has 0 aliphatic rings. The second-order valence-corrected chi connectivity index (χ2v) is 2.95. The Kier molecular flexibility index (Phi) is 10.6. The van der Waals surface area contributed by atoms with Gasteiger partial charge in [0.1, 0.15) is 11.6 Å². The number of esters is 1. The largest absolute Gasteiger partial charge is 1.00 e. The van der Waals surface area contributed by atoms with Gasteiger partial charge < -0.3 is 28.6 Å². The van der Waals surface area contributed by atoms with Crippen molar-refractivity contribution in [3.63, 3.8) is 0 Å². The van der Waals surface area contributed by atoms with Gasteiger partial charge in [-0.3, -0.25) is 0 Å². The molecule has 0 amide bonds. The molecule has 0 aromatic carbocycles. The zero-order valence-corrected chi connectivity index (χ0v) is 13.9. The molecule has 0 aromatic heterocycles. The van der Waals surface area contributed by atoms with Gasteiger partial charge in [0.25, 0.3) is 0 Å². The monoisotopic (exact) mass is 270 g/mol.